The first-order chi connectivity index (χ1) is 29.2. The molecule has 4 heterocycles. The Morgan fingerprint density at radius 3 is 2.18 bits per heavy atom. The van der Waals surface area contributed by atoms with Gasteiger partial charge >= 0.3 is 0 Å². The third kappa shape index (κ3) is 10.0. The van der Waals surface area contributed by atoms with Crippen molar-refractivity contribution in [1.82, 2.24) is 51.8 Å². The summed E-state index contributed by atoms with van der Waals surface area (Å²) in [5, 5.41) is 28.8. The van der Waals surface area contributed by atoms with Gasteiger partial charge < -0.3 is 56.6 Å². The molecular formula is C41H46N10O9S. The van der Waals surface area contributed by atoms with E-state index in [-0.39, 0.29) is 29.2 Å². The summed E-state index contributed by atoms with van der Waals surface area (Å²) in [4.78, 5) is 107. The fraction of sp³-hybridized carbons (Fsp3) is 0.317. The number of hydrogen-bond donors (Lipinski definition) is 9. The van der Waals surface area contributed by atoms with E-state index in [4.69, 9.17) is 4.74 Å². The van der Waals surface area contributed by atoms with Crippen molar-refractivity contribution in [3.05, 3.63) is 94.3 Å². The van der Waals surface area contributed by atoms with E-state index in [2.05, 4.69) is 53.4 Å². The van der Waals surface area contributed by atoms with Crippen LogP contribution in [0.5, 0.6) is 5.75 Å². The van der Waals surface area contributed by atoms with Gasteiger partial charge in [-0.25, -0.2) is 4.98 Å². The SMILES string of the molecule is C=C1NC(=O)[C@@H](C)NC(=O)[C@@H](C)NC(=O)[C@H](Cc2c[nH]c3cccc(OC)c23)NC(=O)[C@H](Cc2c[nH]c3ccccc23)NC(=O)c2csc(n2)[C@@H](CO)NC(=O)CN(C)C1=O. The molecule has 7 amide bonds. The van der Waals surface area contributed by atoms with Crippen LogP contribution in [0.3, 0.4) is 0 Å². The lowest BCUT2D eigenvalue weighted by Gasteiger charge is -2.25. The second-order valence-corrected chi connectivity index (χ2v) is 15.4. The number of carbonyl (C=O) groups is 7. The minimum Gasteiger partial charge on any atom is -0.496 e. The monoisotopic (exact) mass is 854 g/mol. The number of likely N-dealkylation sites (N-methyl/N-ethyl adjacent to an activating group) is 1. The summed E-state index contributed by atoms with van der Waals surface area (Å²) in [6.07, 6.45) is 3.28. The largest absolute Gasteiger partial charge is 0.496 e. The Balaban J connectivity index is 1.37. The number of aromatic amines is 2. The number of rotatable bonds is 6. The molecule has 0 saturated heterocycles. The zero-order valence-electron chi connectivity index (χ0n) is 33.7. The second kappa shape index (κ2) is 18.9. The van der Waals surface area contributed by atoms with E-state index < -0.39 is 84.7 Å². The van der Waals surface area contributed by atoms with Crippen LogP contribution >= 0.6 is 11.3 Å². The van der Waals surface area contributed by atoms with Crippen LogP contribution in [0.15, 0.2) is 72.5 Å². The number of carbonyl (C=O) groups excluding carboxylic acids is 7. The highest BCUT2D eigenvalue weighted by Gasteiger charge is 2.32. The normalized spacial score (nSPS) is 21.9. The van der Waals surface area contributed by atoms with E-state index in [9.17, 15) is 38.7 Å². The molecule has 0 spiro atoms. The first-order valence-corrected chi connectivity index (χ1v) is 20.1. The lowest BCUT2D eigenvalue weighted by Crippen LogP contribution is -2.58. The van der Waals surface area contributed by atoms with Crippen molar-refractivity contribution >= 4 is 74.5 Å². The van der Waals surface area contributed by atoms with Crippen LogP contribution in [0.25, 0.3) is 21.8 Å². The molecule has 0 aliphatic carbocycles. The quantitative estimate of drug-likeness (QED) is 0.106. The molecule has 0 radical (unpaired) electrons. The lowest BCUT2D eigenvalue weighted by molar-refractivity contribution is -0.134. The zero-order chi connectivity index (χ0) is 44.0. The summed E-state index contributed by atoms with van der Waals surface area (Å²) in [6.45, 7) is 5.22. The third-order valence-electron chi connectivity index (χ3n) is 10.1. The molecule has 0 fully saturated rings. The Morgan fingerprint density at radius 1 is 0.787 bits per heavy atom. The van der Waals surface area contributed by atoms with Gasteiger partial charge in [0.1, 0.15) is 46.7 Å². The highest BCUT2D eigenvalue weighted by Crippen LogP contribution is 2.29. The topological polar surface area (TPSA) is 269 Å². The first kappa shape index (κ1) is 43.5. The van der Waals surface area contributed by atoms with Gasteiger partial charge in [0.15, 0.2) is 0 Å². The van der Waals surface area contributed by atoms with E-state index >= 15 is 0 Å². The number of aliphatic hydroxyl groups excluding tert-OH is 1. The predicted molar refractivity (Wildman–Crippen MR) is 224 cm³/mol. The van der Waals surface area contributed by atoms with Crippen LogP contribution in [0.2, 0.25) is 0 Å². The van der Waals surface area contributed by atoms with Gasteiger partial charge in [-0.2, -0.15) is 0 Å². The molecule has 9 N–H and O–H groups in total. The Bertz CT molecular complexity index is 2510. The van der Waals surface area contributed by atoms with Crippen LogP contribution in [0, 0.1) is 0 Å². The summed E-state index contributed by atoms with van der Waals surface area (Å²) in [7, 11) is 2.80. The molecule has 61 heavy (non-hydrogen) atoms. The van der Waals surface area contributed by atoms with Crippen LogP contribution in [0.1, 0.15) is 46.5 Å². The number of hydrogen-bond acceptors (Lipinski definition) is 11. The number of aromatic nitrogens is 3. The number of nitrogens with zero attached hydrogens (tertiary/aromatic N) is 2. The van der Waals surface area contributed by atoms with Gasteiger partial charge in [-0.3, -0.25) is 33.6 Å². The van der Waals surface area contributed by atoms with Gasteiger partial charge in [0.25, 0.3) is 11.8 Å². The number of para-hydroxylation sites is 1. The van der Waals surface area contributed by atoms with Crippen LogP contribution in [0.4, 0.5) is 0 Å². The van der Waals surface area contributed by atoms with Crippen LogP contribution in [-0.2, 0) is 41.6 Å². The van der Waals surface area contributed by atoms with Crippen molar-refractivity contribution in [3.63, 3.8) is 0 Å². The minimum absolute atomic E-state index is 0.0272. The van der Waals surface area contributed by atoms with Crippen molar-refractivity contribution in [3.8, 4) is 5.75 Å². The minimum atomic E-state index is -1.33. The van der Waals surface area contributed by atoms with Crippen LogP contribution < -0.4 is 36.6 Å². The standard InChI is InChI=1S/C41H46N10O9S/c1-20-36(55)46-22(3)41(59)51(4)17-33(53)47-30(18-52)40-50-31(19-61-40)39(58)49-28(13-23-15-42-26-10-7-6-9-25(23)26)38(57)48-29(37(56)45-21(2)35(54)44-20)14-24-16-43-27-11-8-12-32(60-5)34(24)27/h6-12,15-16,19-21,28-30,42-43,52H,3,13-14,17-18H2,1-2,4-5H3,(H,44,54)(H,45,56)(H,46,55)(H,47,53)(H,48,57)(H,49,58)/t20-,21-,28+,29+,30-/m1/s1. The lowest BCUT2D eigenvalue weighted by atomic mass is 10.0. The molecule has 6 rings (SSSR count). The fourth-order valence-corrected chi connectivity index (χ4v) is 7.64. The maximum Gasteiger partial charge on any atom is 0.271 e. The van der Waals surface area contributed by atoms with Gasteiger partial charge in [0.2, 0.25) is 29.5 Å². The number of amides is 7. The summed E-state index contributed by atoms with van der Waals surface area (Å²) >= 11 is 0.973. The molecule has 0 saturated carbocycles. The van der Waals surface area contributed by atoms with Crippen molar-refractivity contribution in [2.75, 3.05) is 27.3 Å². The zero-order valence-corrected chi connectivity index (χ0v) is 34.5. The molecule has 20 heteroatoms. The Labute approximate surface area is 353 Å². The number of ether oxygens (including phenoxy) is 1. The molecule has 0 unspecified atom stereocenters. The summed E-state index contributed by atoms with van der Waals surface area (Å²) in [6, 6.07) is 6.63. The molecule has 3 aromatic heterocycles. The Kier molecular flexibility index (Phi) is 13.5. The van der Waals surface area contributed by atoms with Gasteiger partial charge in [0.05, 0.1) is 26.0 Å². The summed E-state index contributed by atoms with van der Waals surface area (Å²) in [5.41, 5.74) is 2.28. The second-order valence-electron chi connectivity index (χ2n) is 14.5. The number of methoxy groups -OCH3 is 1. The number of H-pyrrole nitrogens is 2. The van der Waals surface area contributed by atoms with Gasteiger partial charge in [-0.1, -0.05) is 30.8 Å². The van der Waals surface area contributed by atoms with Crippen molar-refractivity contribution in [1.29, 1.82) is 0 Å². The van der Waals surface area contributed by atoms with E-state index in [0.717, 1.165) is 27.1 Å². The number of thiazole rings is 1. The van der Waals surface area contributed by atoms with E-state index in [1.54, 1.807) is 24.5 Å². The van der Waals surface area contributed by atoms with Crippen LogP contribution in [-0.4, -0.2) is 118 Å². The van der Waals surface area contributed by atoms with E-state index in [1.807, 2.05) is 30.3 Å². The molecule has 1 aliphatic rings. The number of fused-ring (bicyclic) bond motifs is 4. The maximum absolute atomic E-state index is 14.5. The predicted octanol–water partition coefficient (Wildman–Crippen LogP) is 0.444. The van der Waals surface area contributed by atoms with Crippen molar-refractivity contribution < 1.29 is 43.4 Å². The summed E-state index contributed by atoms with van der Waals surface area (Å²) in [5.74, 6) is -4.82. The smallest absolute Gasteiger partial charge is 0.271 e. The molecule has 1 aliphatic heterocycles. The average Bonchev–Trinajstić information content (AvgIpc) is 4.01. The molecule has 5 aromatic rings. The number of benzene rings is 2. The Hall–Kier alpha value is -7.06. The molecule has 19 nitrogen and oxygen atoms in total. The van der Waals surface area contributed by atoms with Gasteiger partial charge in [-0.15, -0.1) is 11.3 Å². The molecule has 320 valence electrons. The molecule has 2 bridgehead atoms. The van der Waals surface area contributed by atoms with Crippen molar-refractivity contribution in [2.24, 2.45) is 0 Å². The third-order valence-corrected chi connectivity index (χ3v) is 11.0. The Morgan fingerprint density at radius 2 is 1.43 bits per heavy atom. The average molecular weight is 855 g/mol. The fourth-order valence-electron chi connectivity index (χ4n) is 6.80. The highest BCUT2D eigenvalue weighted by molar-refractivity contribution is 7.10. The highest BCUT2D eigenvalue weighted by atomic mass is 32.1. The first-order valence-electron chi connectivity index (χ1n) is 19.2. The number of nitrogens with one attached hydrogen (secondary N) is 8. The van der Waals surface area contributed by atoms with E-state index in [0.29, 0.717) is 27.8 Å². The molecular weight excluding hydrogens is 809 g/mol. The van der Waals surface area contributed by atoms with Crippen molar-refractivity contribution in [2.45, 2.75) is 56.9 Å². The number of aliphatic hydroxyl groups is 1. The van der Waals surface area contributed by atoms with E-state index in [1.165, 1.54) is 33.4 Å². The maximum atomic E-state index is 14.5. The summed E-state index contributed by atoms with van der Waals surface area (Å²) < 4.78 is 5.60. The van der Waals surface area contributed by atoms with Gasteiger partial charge in [0, 0.05) is 59.5 Å². The van der Waals surface area contributed by atoms with Gasteiger partial charge in [-0.05, 0) is 43.2 Å². The molecule has 2 aromatic carbocycles. The molecule has 5 atom stereocenters.